The number of aryl methyl sites for hydroxylation is 1. The Morgan fingerprint density at radius 1 is 1.38 bits per heavy atom. The summed E-state index contributed by atoms with van der Waals surface area (Å²) in [4.78, 5) is 14.7. The van der Waals surface area contributed by atoms with Crippen molar-refractivity contribution in [2.75, 3.05) is 0 Å². The highest BCUT2D eigenvalue weighted by Crippen LogP contribution is 2.42. The summed E-state index contributed by atoms with van der Waals surface area (Å²) < 4.78 is 1.10. The molecule has 0 spiro atoms. The van der Waals surface area contributed by atoms with Crippen molar-refractivity contribution in [3.63, 3.8) is 0 Å². The summed E-state index contributed by atoms with van der Waals surface area (Å²) in [6.07, 6.45) is 5.95. The molecule has 1 saturated carbocycles. The van der Waals surface area contributed by atoms with E-state index >= 15 is 0 Å². The normalized spacial score (nSPS) is 18.1. The summed E-state index contributed by atoms with van der Waals surface area (Å²) in [5.74, 6) is 0. The van der Waals surface area contributed by atoms with Crippen molar-refractivity contribution >= 4 is 22.0 Å². The summed E-state index contributed by atoms with van der Waals surface area (Å²) >= 11 is 3.49. The Morgan fingerprint density at radius 2 is 2.06 bits per heavy atom. The van der Waals surface area contributed by atoms with E-state index in [1.807, 2.05) is 6.07 Å². The van der Waals surface area contributed by atoms with Gasteiger partial charge in [-0.05, 0) is 37.0 Å². The van der Waals surface area contributed by atoms with E-state index in [-0.39, 0.29) is 5.54 Å². The second-order valence-electron chi connectivity index (χ2n) is 4.41. The molecule has 0 atom stereocenters. The molecule has 0 N–H and O–H groups in total. The lowest BCUT2D eigenvalue weighted by Gasteiger charge is -2.23. The summed E-state index contributed by atoms with van der Waals surface area (Å²) in [6.45, 7) is 2.06. The molecule has 1 aliphatic rings. The largest absolute Gasteiger partial charge is 0.235 e. The van der Waals surface area contributed by atoms with Crippen LogP contribution in [0, 0.1) is 6.92 Å². The van der Waals surface area contributed by atoms with Crippen LogP contribution in [0.15, 0.2) is 27.7 Å². The summed E-state index contributed by atoms with van der Waals surface area (Å²) in [7, 11) is 0. The van der Waals surface area contributed by atoms with E-state index in [0.29, 0.717) is 0 Å². The number of isocyanates is 1. The van der Waals surface area contributed by atoms with Crippen molar-refractivity contribution < 1.29 is 4.79 Å². The SMILES string of the molecule is Cc1cc(C2(N=C=O)CCCC2)ccc1Br. The Bertz CT molecular complexity index is 443. The van der Waals surface area contributed by atoms with Crippen LogP contribution in [0.3, 0.4) is 0 Å². The average molecular weight is 280 g/mol. The molecule has 0 radical (unpaired) electrons. The van der Waals surface area contributed by atoms with Gasteiger partial charge in [0.1, 0.15) is 0 Å². The highest BCUT2D eigenvalue weighted by atomic mass is 79.9. The fraction of sp³-hybridized carbons (Fsp3) is 0.462. The van der Waals surface area contributed by atoms with Gasteiger partial charge in [-0.1, -0.05) is 40.9 Å². The lowest BCUT2D eigenvalue weighted by molar-refractivity contribution is 0.455. The van der Waals surface area contributed by atoms with Crippen molar-refractivity contribution in [2.45, 2.75) is 38.1 Å². The molecule has 2 nitrogen and oxygen atoms in total. The molecule has 3 heteroatoms. The van der Waals surface area contributed by atoms with Crippen molar-refractivity contribution in [3.8, 4) is 0 Å². The molecule has 2 rings (SSSR count). The van der Waals surface area contributed by atoms with Gasteiger partial charge in [-0.15, -0.1) is 0 Å². The van der Waals surface area contributed by atoms with Gasteiger partial charge in [-0.25, -0.2) is 4.79 Å². The Balaban J connectivity index is 2.47. The van der Waals surface area contributed by atoms with E-state index in [0.717, 1.165) is 35.7 Å². The van der Waals surface area contributed by atoms with Crippen LogP contribution in [0.25, 0.3) is 0 Å². The van der Waals surface area contributed by atoms with Crippen molar-refractivity contribution in [1.82, 2.24) is 0 Å². The number of benzene rings is 1. The number of carbonyl (C=O) groups excluding carboxylic acids is 1. The van der Waals surface area contributed by atoms with E-state index in [1.165, 1.54) is 5.56 Å². The Hall–Kier alpha value is -0.920. The minimum Gasteiger partial charge on any atom is -0.211 e. The molecule has 1 aliphatic carbocycles. The molecule has 0 aliphatic heterocycles. The number of rotatable bonds is 2. The maximum atomic E-state index is 10.6. The van der Waals surface area contributed by atoms with Crippen molar-refractivity contribution in [1.29, 1.82) is 0 Å². The van der Waals surface area contributed by atoms with Gasteiger partial charge >= 0.3 is 0 Å². The molecule has 1 fully saturated rings. The zero-order chi connectivity index (χ0) is 11.6. The molecular formula is C13H14BrNO. The van der Waals surface area contributed by atoms with Gasteiger partial charge in [0.25, 0.3) is 0 Å². The van der Waals surface area contributed by atoms with E-state index in [4.69, 9.17) is 0 Å². The van der Waals surface area contributed by atoms with Crippen LogP contribution in [0.2, 0.25) is 0 Å². The van der Waals surface area contributed by atoms with Crippen LogP contribution < -0.4 is 0 Å². The minimum absolute atomic E-state index is 0.298. The third-order valence-corrected chi connectivity index (χ3v) is 4.28. The van der Waals surface area contributed by atoms with E-state index in [2.05, 4.69) is 40.0 Å². The number of hydrogen-bond donors (Lipinski definition) is 0. The molecule has 0 heterocycles. The van der Waals surface area contributed by atoms with Crippen LogP contribution in [0.1, 0.15) is 36.8 Å². The van der Waals surface area contributed by atoms with Gasteiger partial charge < -0.3 is 0 Å². The molecule has 0 unspecified atom stereocenters. The van der Waals surface area contributed by atoms with Gasteiger partial charge in [-0.3, -0.25) is 0 Å². The van der Waals surface area contributed by atoms with E-state index in [1.54, 1.807) is 6.08 Å². The molecule has 0 saturated heterocycles. The lowest BCUT2D eigenvalue weighted by Crippen LogP contribution is -2.18. The molecule has 1 aromatic rings. The Kier molecular flexibility index (Phi) is 3.27. The Morgan fingerprint density at radius 3 is 2.62 bits per heavy atom. The third-order valence-electron chi connectivity index (χ3n) is 3.39. The zero-order valence-corrected chi connectivity index (χ0v) is 10.9. The topological polar surface area (TPSA) is 29.4 Å². The Labute approximate surface area is 104 Å². The standard InChI is InChI=1S/C13H14BrNO/c1-10-8-11(4-5-12(10)14)13(15-9-16)6-2-3-7-13/h4-5,8H,2-3,6-7H2,1H3. The molecule has 0 aromatic heterocycles. The summed E-state index contributed by atoms with van der Waals surface area (Å²) in [5, 5.41) is 0. The highest BCUT2D eigenvalue weighted by molar-refractivity contribution is 9.10. The average Bonchev–Trinajstić information content (AvgIpc) is 2.72. The number of halogens is 1. The monoisotopic (exact) mass is 279 g/mol. The predicted molar refractivity (Wildman–Crippen MR) is 67.1 cm³/mol. The molecule has 0 amide bonds. The first kappa shape index (κ1) is 11.6. The highest BCUT2D eigenvalue weighted by Gasteiger charge is 2.35. The van der Waals surface area contributed by atoms with Gasteiger partial charge in [0.05, 0.1) is 5.54 Å². The minimum atomic E-state index is -0.298. The third kappa shape index (κ3) is 1.98. The van der Waals surface area contributed by atoms with Crippen molar-refractivity contribution in [3.05, 3.63) is 33.8 Å². The van der Waals surface area contributed by atoms with Crippen molar-refractivity contribution in [2.24, 2.45) is 4.99 Å². The summed E-state index contributed by atoms with van der Waals surface area (Å²) in [6, 6.07) is 6.21. The first-order valence-corrected chi connectivity index (χ1v) is 6.33. The number of aliphatic imine (C=N–C) groups is 1. The maximum absolute atomic E-state index is 10.6. The van der Waals surface area contributed by atoms with Gasteiger partial charge in [0, 0.05) is 4.47 Å². The second-order valence-corrected chi connectivity index (χ2v) is 5.26. The quantitative estimate of drug-likeness (QED) is 0.597. The first-order valence-electron chi connectivity index (χ1n) is 5.54. The zero-order valence-electron chi connectivity index (χ0n) is 9.29. The van der Waals surface area contributed by atoms with Gasteiger partial charge in [0.15, 0.2) is 0 Å². The van der Waals surface area contributed by atoms with Crippen LogP contribution in [-0.4, -0.2) is 6.08 Å². The van der Waals surface area contributed by atoms with Gasteiger partial charge in [0.2, 0.25) is 6.08 Å². The summed E-state index contributed by atoms with van der Waals surface area (Å²) in [5.41, 5.74) is 2.03. The van der Waals surface area contributed by atoms with Crippen LogP contribution in [0.5, 0.6) is 0 Å². The first-order chi connectivity index (χ1) is 7.68. The molecule has 0 bridgehead atoms. The molecule has 84 valence electrons. The van der Waals surface area contributed by atoms with Gasteiger partial charge in [-0.2, -0.15) is 4.99 Å². The van der Waals surface area contributed by atoms with Crippen LogP contribution >= 0.6 is 15.9 Å². The number of nitrogens with zero attached hydrogens (tertiary/aromatic N) is 1. The van der Waals surface area contributed by atoms with E-state index < -0.39 is 0 Å². The predicted octanol–water partition coefficient (Wildman–Crippen LogP) is 3.86. The van der Waals surface area contributed by atoms with E-state index in [9.17, 15) is 4.79 Å². The fourth-order valence-electron chi connectivity index (χ4n) is 2.45. The molecular weight excluding hydrogens is 266 g/mol. The second kappa shape index (κ2) is 4.52. The molecule has 1 aromatic carbocycles. The lowest BCUT2D eigenvalue weighted by atomic mass is 9.88. The fourth-order valence-corrected chi connectivity index (χ4v) is 2.69. The molecule has 16 heavy (non-hydrogen) atoms. The van der Waals surface area contributed by atoms with Crippen LogP contribution in [0.4, 0.5) is 0 Å². The maximum Gasteiger partial charge on any atom is 0.235 e. The smallest absolute Gasteiger partial charge is 0.211 e. The number of hydrogen-bond acceptors (Lipinski definition) is 2. The van der Waals surface area contributed by atoms with Crippen LogP contribution in [-0.2, 0) is 10.3 Å².